The number of nitrogens with two attached hydrogens (primary N) is 1. The molecule has 0 aliphatic heterocycles. The van der Waals surface area contributed by atoms with Gasteiger partial charge in [0, 0.05) is 18.4 Å². The zero-order chi connectivity index (χ0) is 18.0. The first kappa shape index (κ1) is 18.0. The van der Waals surface area contributed by atoms with E-state index in [1.807, 2.05) is 13.0 Å². The highest BCUT2D eigenvalue weighted by molar-refractivity contribution is 7.98. The number of unbranched alkanes of at least 4 members (excludes halogenated alkanes) is 1. The lowest BCUT2D eigenvalue weighted by Gasteiger charge is -2.07. The van der Waals surface area contributed by atoms with Gasteiger partial charge in [0.15, 0.2) is 5.16 Å². The van der Waals surface area contributed by atoms with E-state index in [-0.39, 0.29) is 4.90 Å². The Kier molecular flexibility index (Phi) is 5.16. The monoisotopic (exact) mass is 380 g/mol. The summed E-state index contributed by atoms with van der Waals surface area (Å²) in [5.41, 5.74) is 2.38. The molecule has 0 bridgehead atoms. The molecule has 3 rings (SSSR count). The van der Waals surface area contributed by atoms with Crippen LogP contribution in [0.1, 0.15) is 31.2 Å². The average molecular weight is 380 g/mol. The molecule has 2 heterocycles. The van der Waals surface area contributed by atoms with Crippen LogP contribution >= 0.6 is 11.8 Å². The lowest BCUT2D eigenvalue weighted by atomic mass is 10.3. The molecule has 25 heavy (non-hydrogen) atoms. The maximum atomic E-state index is 11.6. The second-order valence-electron chi connectivity index (χ2n) is 5.81. The first-order valence-electron chi connectivity index (χ1n) is 7.96. The molecule has 0 atom stereocenters. The first-order valence-corrected chi connectivity index (χ1v) is 10.5. The van der Waals surface area contributed by atoms with Gasteiger partial charge in [0.05, 0.1) is 21.6 Å². The molecule has 0 radical (unpaired) electrons. The molecule has 0 spiro atoms. The largest absolute Gasteiger partial charge is 0.361 e. The van der Waals surface area contributed by atoms with Gasteiger partial charge in [-0.2, -0.15) is 0 Å². The topological polar surface area (TPSA) is 104 Å². The molecule has 9 heteroatoms. The summed E-state index contributed by atoms with van der Waals surface area (Å²) in [5, 5.41) is 10.0. The summed E-state index contributed by atoms with van der Waals surface area (Å²) in [6, 6.07) is 6.71. The van der Waals surface area contributed by atoms with Crippen LogP contribution in [0.15, 0.2) is 38.8 Å². The van der Waals surface area contributed by atoms with Crippen molar-refractivity contribution in [2.75, 3.05) is 0 Å². The predicted octanol–water partition coefficient (Wildman–Crippen LogP) is 3.07. The first-order chi connectivity index (χ1) is 11.9. The van der Waals surface area contributed by atoms with Crippen molar-refractivity contribution >= 4 is 32.8 Å². The van der Waals surface area contributed by atoms with Gasteiger partial charge in [-0.05, 0) is 31.5 Å². The minimum absolute atomic E-state index is 0.0730. The minimum atomic E-state index is -3.75. The Morgan fingerprint density at radius 2 is 2.12 bits per heavy atom. The fourth-order valence-electron chi connectivity index (χ4n) is 2.53. The Hall–Kier alpha value is -1.84. The highest BCUT2D eigenvalue weighted by Gasteiger charge is 2.15. The smallest absolute Gasteiger partial charge is 0.238 e. The molecule has 7 nitrogen and oxygen atoms in total. The van der Waals surface area contributed by atoms with E-state index in [0.29, 0.717) is 11.3 Å². The third-order valence-electron chi connectivity index (χ3n) is 3.77. The molecular weight excluding hydrogens is 360 g/mol. The van der Waals surface area contributed by atoms with E-state index < -0.39 is 10.0 Å². The van der Waals surface area contributed by atoms with E-state index in [4.69, 9.17) is 9.66 Å². The van der Waals surface area contributed by atoms with Gasteiger partial charge in [-0.1, -0.05) is 30.3 Å². The molecule has 1 aromatic carbocycles. The zero-order valence-corrected chi connectivity index (χ0v) is 15.7. The van der Waals surface area contributed by atoms with Crippen molar-refractivity contribution in [3.8, 4) is 0 Å². The zero-order valence-electron chi connectivity index (χ0n) is 14.1. The van der Waals surface area contributed by atoms with Gasteiger partial charge in [-0.15, -0.1) is 0 Å². The maximum absolute atomic E-state index is 11.6. The lowest BCUT2D eigenvalue weighted by molar-refractivity contribution is 0.393. The van der Waals surface area contributed by atoms with E-state index >= 15 is 0 Å². The highest BCUT2D eigenvalue weighted by atomic mass is 32.2. The summed E-state index contributed by atoms with van der Waals surface area (Å²) in [4.78, 5) is 4.68. The summed E-state index contributed by atoms with van der Waals surface area (Å²) in [6.45, 7) is 4.80. The summed E-state index contributed by atoms with van der Waals surface area (Å²) in [7, 11) is -3.75. The highest BCUT2D eigenvalue weighted by Crippen LogP contribution is 2.28. The minimum Gasteiger partial charge on any atom is -0.361 e. The number of imidazole rings is 1. The van der Waals surface area contributed by atoms with Crippen molar-refractivity contribution in [2.24, 2.45) is 5.14 Å². The van der Waals surface area contributed by atoms with Gasteiger partial charge in [-0.3, -0.25) is 0 Å². The van der Waals surface area contributed by atoms with Crippen LogP contribution in [0.3, 0.4) is 0 Å². The van der Waals surface area contributed by atoms with E-state index in [9.17, 15) is 8.42 Å². The summed E-state index contributed by atoms with van der Waals surface area (Å²) in [6.07, 6.45) is 2.07. The Bertz CT molecular complexity index is 992. The normalized spacial score (nSPS) is 12.1. The van der Waals surface area contributed by atoms with Gasteiger partial charge in [0.1, 0.15) is 5.76 Å². The van der Waals surface area contributed by atoms with E-state index in [0.717, 1.165) is 41.5 Å². The van der Waals surface area contributed by atoms with Gasteiger partial charge in [0.2, 0.25) is 10.0 Å². The summed E-state index contributed by atoms with van der Waals surface area (Å²) in [5.74, 6) is 1.40. The predicted molar refractivity (Wildman–Crippen MR) is 96.8 cm³/mol. The van der Waals surface area contributed by atoms with Crippen molar-refractivity contribution in [3.63, 3.8) is 0 Å². The molecule has 0 aliphatic rings. The second-order valence-corrected chi connectivity index (χ2v) is 8.32. The molecule has 0 saturated carbocycles. The Morgan fingerprint density at radius 3 is 2.76 bits per heavy atom. The van der Waals surface area contributed by atoms with E-state index in [1.165, 1.54) is 12.1 Å². The molecular formula is C16H20N4O3S2. The fraction of sp³-hybridized carbons (Fsp3) is 0.375. The Labute approximate surface area is 150 Å². The summed E-state index contributed by atoms with van der Waals surface area (Å²) >= 11 is 1.55. The number of aromatic nitrogens is 3. The van der Waals surface area contributed by atoms with E-state index in [2.05, 4.69) is 21.6 Å². The van der Waals surface area contributed by atoms with Crippen LogP contribution in [0.2, 0.25) is 0 Å². The number of primary sulfonamides is 1. The maximum Gasteiger partial charge on any atom is 0.238 e. The molecule has 2 N–H and O–H groups in total. The molecule has 134 valence electrons. The third-order valence-corrected chi connectivity index (χ3v) is 5.70. The number of hydrogen-bond donors (Lipinski definition) is 1. The van der Waals surface area contributed by atoms with Crippen LogP contribution in [0, 0.1) is 6.92 Å². The molecule has 0 unspecified atom stereocenters. The number of aryl methyl sites for hydroxylation is 2. The number of hydrogen-bond acceptors (Lipinski definition) is 6. The van der Waals surface area contributed by atoms with Crippen molar-refractivity contribution in [1.82, 2.24) is 14.7 Å². The van der Waals surface area contributed by atoms with Crippen molar-refractivity contribution < 1.29 is 12.9 Å². The van der Waals surface area contributed by atoms with Crippen LogP contribution in [0.4, 0.5) is 0 Å². The fourth-order valence-corrected chi connectivity index (χ4v) is 3.99. The number of thioether (sulfide) groups is 1. The Balaban J connectivity index is 1.96. The molecule has 0 fully saturated rings. The lowest BCUT2D eigenvalue weighted by Crippen LogP contribution is -2.11. The van der Waals surface area contributed by atoms with Crippen LogP contribution in [0.5, 0.6) is 0 Å². The average Bonchev–Trinajstić information content (AvgIpc) is 3.12. The van der Waals surface area contributed by atoms with Crippen LogP contribution in [-0.2, 0) is 22.3 Å². The number of fused-ring (bicyclic) bond motifs is 1. The second kappa shape index (κ2) is 7.19. The molecule has 0 saturated heterocycles. The quantitative estimate of drug-likeness (QED) is 0.632. The number of rotatable bonds is 7. The number of sulfonamides is 1. The molecule has 0 aliphatic carbocycles. The SMILES string of the molecule is CCCCn1c(SCc2cc(C)on2)nc2cc(S(N)(=O)=O)ccc21. The van der Waals surface area contributed by atoms with Crippen LogP contribution in [-0.4, -0.2) is 23.1 Å². The van der Waals surface area contributed by atoms with Gasteiger partial charge < -0.3 is 9.09 Å². The molecule has 0 amide bonds. The number of benzene rings is 1. The van der Waals surface area contributed by atoms with Gasteiger partial charge in [-0.25, -0.2) is 18.5 Å². The van der Waals surface area contributed by atoms with E-state index in [1.54, 1.807) is 17.8 Å². The third kappa shape index (κ3) is 4.05. The van der Waals surface area contributed by atoms with Crippen molar-refractivity contribution in [2.45, 2.75) is 49.0 Å². The summed E-state index contributed by atoms with van der Waals surface area (Å²) < 4.78 is 30.3. The van der Waals surface area contributed by atoms with Gasteiger partial charge >= 0.3 is 0 Å². The van der Waals surface area contributed by atoms with Crippen molar-refractivity contribution in [3.05, 3.63) is 35.7 Å². The van der Waals surface area contributed by atoms with Crippen molar-refractivity contribution in [1.29, 1.82) is 0 Å². The van der Waals surface area contributed by atoms with Crippen LogP contribution < -0.4 is 5.14 Å². The van der Waals surface area contributed by atoms with Gasteiger partial charge in [0.25, 0.3) is 0 Å². The number of nitrogens with zero attached hydrogens (tertiary/aromatic N) is 3. The molecule has 3 aromatic rings. The standard InChI is InChI=1S/C16H20N4O3S2/c1-3-4-7-20-15-6-5-13(25(17,21)22)9-14(15)18-16(20)24-10-12-8-11(2)23-19-12/h5-6,8-9H,3-4,7,10H2,1-2H3,(H2,17,21,22). The molecule has 2 aromatic heterocycles. The van der Waals surface area contributed by atoms with Crippen LogP contribution in [0.25, 0.3) is 11.0 Å². The Morgan fingerprint density at radius 1 is 1.32 bits per heavy atom.